The van der Waals surface area contributed by atoms with Gasteiger partial charge in [0.1, 0.15) is 0 Å². The van der Waals surface area contributed by atoms with E-state index in [4.69, 9.17) is 4.99 Å². The zero-order chi connectivity index (χ0) is 14.2. The molecule has 3 rings (SSSR count). The van der Waals surface area contributed by atoms with Crippen LogP contribution in [0, 0.1) is 19.3 Å². The molecule has 1 aromatic heterocycles. The molecule has 1 fully saturated rings. The van der Waals surface area contributed by atoms with Crippen molar-refractivity contribution in [1.82, 2.24) is 5.32 Å². The Hall–Kier alpha value is -0.480. The maximum atomic E-state index is 4.84. The first kappa shape index (κ1) is 14.5. The van der Waals surface area contributed by atoms with Gasteiger partial charge in [0.2, 0.25) is 0 Å². The summed E-state index contributed by atoms with van der Waals surface area (Å²) in [5.41, 5.74) is 1.96. The molecule has 0 bridgehead atoms. The first-order valence-electron chi connectivity index (χ1n) is 7.59. The summed E-state index contributed by atoms with van der Waals surface area (Å²) in [6.45, 7) is 7.69. The second-order valence-corrected chi connectivity index (χ2v) is 8.78. The largest absolute Gasteiger partial charge is 0.358 e. The smallest absolute Gasteiger partial charge is 0.157 e. The highest BCUT2D eigenvalue weighted by atomic mass is 32.2. The van der Waals surface area contributed by atoms with Gasteiger partial charge in [-0.1, -0.05) is 24.6 Å². The van der Waals surface area contributed by atoms with Crippen LogP contribution < -0.4 is 5.32 Å². The van der Waals surface area contributed by atoms with Crippen LogP contribution in [-0.4, -0.2) is 17.5 Å². The quantitative estimate of drug-likeness (QED) is 0.858. The minimum Gasteiger partial charge on any atom is -0.358 e. The zero-order valence-electron chi connectivity index (χ0n) is 12.7. The van der Waals surface area contributed by atoms with Crippen LogP contribution in [0.15, 0.2) is 11.1 Å². The van der Waals surface area contributed by atoms with Crippen molar-refractivity contribution in [2.75, 3.05) is 12.3 Å². The van der Waals surface area contributed by atoms with Crippen LogP contribution in [0.1, 0.15) is 54.0 Å². The van der Waals surface area contributed by atoms with Crippen LogP contribution in [-0.2, 0) is 0 Å². The Labute approximate surface area is 130 Å². The second kappa shape index (κ2) is 5.72. The van der Waals surface area contributed by atoms with Crippen molar-refractivity contribution < 1.29 is 0 Å². The Morgan fingerprint density at radius 1 is 1.30 bits per heavy atom. The average Bonchev–Trinajstić information content (AvgIpc) is 3.00. The van der Waals surface area contributed by atoms with Gasteiger partial charge < -0.3 is 5.32 Å². The van der Waals surface area contributed by atoms with Gasteiger partial charge in [-0.05, 0) is 50.7 Å². The molecule has 2 heterocycles. The molecule has 4 heteroatoms. The van der Waals surface area contributed by atoms with Crippen LogP contribution in [0.5, 0.6) is 0 Å². The van der Waals surface area contributed by atoms with E-state index in [9.17, 15) is 0 Å². The maximum Gasteiger partial charge on any atom is 0.157 e. The molecule has 110 valence electrons. The Kier molecular flexibility index (Phi) is 4.14. The fraction of sp³-hybridized carbons (Fsp3) is 0.688. The van der Waals surface area contributed by atoms with Gasteiger partial charge in [0.15, 0.2) is 5.17 Å². The SMILES string of the molecule is Cc1cc(C(C)NC2=NCC3(CCCC3)CS2)c(C)s1. The molecule has 1 spiro atoms. The number of rotatable bonds is 2. The van der Waals surface area contributed by atoms with Gasteiger partial charge in [-0.2, -0.15) is 0 Å². The van der Waals surface area contributed by atoms with E-state index >= 15 is 0 Å². The third-order valence-corrected chi connectivity index (χ3v) is 6.88. The molecule has 1 aliphatic carbocycles. The minimum atomic E-state index is 0.365. The van der Waals surface area contributed by atoms with E-state index in [-0.39, 0.29) is 0 Å². The lowest BCUT2D eigenvalue weighted by Gasteiger charge is -2.32. The summed E-state index contributed by atoms with van der Waals surface area (Å²) in [5, 5.41) is 4.77. The molecular formula is C16H24N2S2. The highest BCUT2D eigenvalue weighted by molar-refractivity contribution is 8.13. The number of nitrogens with one attached hydrogen (secondary N) is 1. The van der Waals surface area contributed by atoms with E-state index in [1.54, 1.807) is 0 Å². The predicted molar refractivity (Wildman–Crippen MR) is 91.0 cm³/mol. The topological polar surface area (TPSA) is 24.4 Å². The third-order valence-electron chi connectivity index (χ3n) is 4.62. The lowest BCUT2D eigenvalue weighted by Crippen LogP contribution is -2.34. The van der Waals surface area contributed by atoms with E-state index in [1.165, 1.54) is 46.8 Å². The third kappa shape index (κ3) is 2.91. The summed E-state index contributed by atoms with van der Waals surface area (Å²) in [5.74, 6) is 1.26. The summed E-state index contributed by atoms with van der Waals surface area (Å²) >= 11 is 3.83. The molecule has 1 saturated carbocycles. The number of amidine groups is 1. The molecule has 0 radical (unpaired) electrons. The average molecular weight is 309 g/mol. The highest BCUT2D eigenvalue weighted by Crippen LogP contribution is 2.43. The van der Waals surface area contributed by atoms with Crippen LogP contribution >= 0.6 is 23.1 Å². The molecule has 1 aromatic rings. The van der Waals surface area contributed by atoms with Crippen LogP contribution in [0.25, 0.3) is 0 Å². The Morgan fingerprint density at radius 3 is 2.60 bits per heavy atom. The molecule has 1 N–H and O–H groups in total. The molecule has 20 heavy (non-hydrogen) atoms. The molecule has 0 saturated heterocycles. The van der Waals surface area contributed by atoms with Gasteiger partial charge in [0, 0.05) is 22.1 Å². The first-order chi connectivity index (χ1) is 9.58. The lowest BCUT2D eigenvalue weighted by molar-refractivity contribution is 0.358. The lowest BCUT2D eigenvalue weighted by atomic mass is 9.89. The van der Waals surface area contributed by atoms with E-state index in [2.05, 4.69) is 32.2 Å². The maximum absolute atomic E-state index is 4.84. The monoisotopic (exact) mass is 308 g/mol. The fourth-order valence-corrected chi connectivity index (χ4v) is 5.67. The van der Waals surface area contributed by atoms with Crippen molar-refractivity contribution in [1.29, 1.82) is 0 Å². The number of thiophene rings is 1. The summed E-state index contributed by atoms with van der Waals surface area (Å²) < 4.78 is 0. The Bertz CT molecular complexity index is 513. The number of aliphatic imine (C=N–C) groups is 1. The number of aryl methyl sites for hydroxylation is 2. The van der Waals surface area contributed by atoms with E-state index < -0.39 is 0 Å². The number of hydrogen-bond acceptors (Lipinski definition) is 4. The van der Waals surface area contributed by atoms with Gasteiger partial charge in [-0.15, -0.1) is 11.3 Å². The standard InChI is InChI=1S/C16H24N2S2/c1-11-8-14(13(3)20-11)12(2)18-15-17-9-16(10-19-15)6-4-5-7-16/h8,12H,4-7,9-10H2,1-3H3,(H,17,18). The molecule has 2 aliphatic rings. The van der Waals surface area contributed by atoms with Crippen LogP contribution in [0.4, 0.5) is 0 Å². The van der Waals surface area contributed by atoms with Crippen molar-refractivity contribution in [3.8, 4) is 0 Å². The molecule has 0 aromatic carbocycles. The number of thioether (sulfide) groups is 1. The summed E-state index contributed by atoms with van der Waals surface area (Å²) in [6, 6.07) is 2.67. The molecule has 0 amide bonds. The van der Waals surface area contributed by atoms with Crippen molar-refractivity contribution in [2.45, 2.75) is 52.5 Å². The molecule has 1 atom stereocenters. The summed E-state index contributed by atoms with van der Waals surface area (Å²) in [6.07, 6.45) is 5.58. The number of nitrogens with zero attached hydrogens (tertiary/aromatic N) is 1. The molecule has 1 aliphatic heterocycles. The Balaban J connectivity index is 1.64. The van der Waals surface area contributed by atoms with E-state index in [0.29, 0.717) is 11.5 Å². The first-order valence-corrected chi connectivity index (χ1v) is 9.39. The fourth-order valence-electron chi connectivity index (χ4n) is 3.41. The molecular weight excluding hydrogens is 284 g/mol. The normalized spacial score (nSPS) is 22.9. The summed E-state index contributed by atoms with van der Waals surface area (Å²) in [4.78, 5) is 7.66. The van der Waals surface area contributed by atoms with Crippen molar-refractivity contribution in [3.05, 3.63) is 21.4 Å². The van der Waals surface area contributed by atoms with Crippen LogP contribution in [0.3, 0.4) is 0 Å². The van der Waals surface area contributed by atoms with Gasteiger partial charge in [0.05, 0.1) is 6.04 Å². The van der Waals surface area contributed by atoms with Crippen molar-refractivity contribution >= 4 is 28.3 Å². The van der Waals surface area contributed by atoms with Gasteiger partial charge >= 0.3 is 0 Å². The minimum absolute atomic E-state index is 0.365. The Morgan fingerprint density at radius 2 is 2.05 bits per heavy atom. The van der Waals surface area contributed by atoms with Gasteiger partial charge in [0.25, 0.3) is 0 Å². The van der Waals surface area contributed by atoms with E-state index in [1.807, 2.05) is 23.1 Å². The van der Waals surface area contributed by atoms with Gasteiger partial charge in [-0.3, -0.25) is 4.99 Å². The van der Waals surface area contributed by atoms with Crippen LogP contribution in [0.2, 0.25) is 0 Å². The summed E-state index contributed by atoms with van der Waals surface area (Å²) in [7, 11) is 0. The van der Waals surface area contributed by atoms with Crippen molar-refractivity contribution in [2.24, 2.45) is 10.4 Å². The molecule has 2 nitrogen and oxygen atoms in total. The zero-order valence-corrected chi connectivity index (χ0v) is 14.3. The van der Waals surface area contributed by atoms with E-state index in [0.717, 1.165) is 11.7 Å². The predicted octanol–water partition coefficient (Wildman–Crippen LogP) is 4.68. The molecule has 1 unspecified atom stereocenters. The number of hydrogen-bond donors (Lipinski definition) is 1. The van der Waals surface area contributed by atoms with Gasteiger partial charge in [-0.25, -0.2) is 0 Å². The highest BCUT2D eigenvalue weighted by Gasteiger charge is 2.36. The van der Waals surface area contributed by atoms with Crippen molar-refractivity contribution in [3.63, 3.8) is 0 Å². The second-order valence-electron chi connectivity index (χ2n) is 6.35.